The number of benzene rings is 1. The number of nitrogens with zero attached hydrogens (tertiary/aromatic N) is 2. The highest BCUT2D eigenvalue weighted by molar-refractivity contribution is 7.11. The normalized spacial score (nSPS) is 11.2. The van der Waals surface area contributed by atoms with Gasteiger partial charge in [0.2, 0.25) is 0 Å². The predicted octanol–water partition coefficient (Wildman–Crippen LogP) is 4.01. The van der Waals surface area contributed by atoms with Gasteiger partial charge in [0.25, 0.3) is 5.91 Å². The van der Waals surface area contributed by atoms with Gasteiger partial charge in [-0.15, -0.1) is 11.3 Å². The summed E-state index contributed by atoms with van der Waals surface area (Å²) in [7, 11) is 0. The first-order valence-corrected chi connectivity index (χ1v) is 8.41. The van der Waals surface area contributed by atoms with Crippen molar-refractivity contribution in [2.24, 2.45) is 5.10 Å². The van der Waals surface area contributed by atoms with Gasteiger partial charge in [-0.05, 0) is 30.0 Å². The molecule has 116 valence electrons. The van der Waals surface area contributed by atoms with Crippen LogP contribution in [-0.2, 0) is 6.42 Å². The van der Waals surface area contributed by atoms with E-state index in [-0.39, 0.29) is 5.91 Å². The molecule has 1 aromatic carbocycles. The number of aryl methyl sites for hydroxylation is 1. The van der Waals surface area contributed by atoms with Gasteiger partial charge in [0.15, 0.2) is 0 Å². The molecule has 0 fully saturated rings. The van der Waals surface area contributed by atoms with Crippen LogP contribution in [0.3, 0.4) is 0 Å². The lowest BCUT2D eigenvalue weighted by Gasteiger charge is -2.08. The molecule has 0 bridgehead atoms. The number of hydrazone groups is 1. The van der Waals surface area contributed by atoms with Gasteiger partial charge in [0.1, 0.15) is 0 Å². The Morgan fingerprint density at radius 2 is 2.17 bits per heavy atom. The molecule has 2 aromatic heterocycles. The summed E-state index contributed by atoms with van der Waals surface area (Å²) in [6, 6.07) is 13.4. The van der Waals surface area contributed by atoms with Gasteiger partial charge in [-0.3, -0.25) is 9.78 Å². The van der Waals surface area contributed by atoms with Crippen LogP contribution in [0, 0.1) is 0 Å². The summed E-state index contributed by atoms with van der Waals surface area (Å²) in [5, 5.41) is 6.85. The van der Waals surface area contributed by atoms with E-state index in [2.05, 4.69) is 22.4 Å². The van der Waals surface area contributed by atoms with E-state index in [4.69, 9.17) is 0 Å². The van der Waals surface area contributed by atoms with Crippen molar-refractivity contribution in [1.82, 2.24) is 10.4 Å². The third-order valence-corrected chi connectivity index (χ3v) is 4.23. The predicted molar refractivity (Wildman–Crippen MR) is 95.1 cm³/mol. The van der Waals surface area contributed by atoms with Crippen molar-refractivity contribution in [3.63, 3.8) is 0 Å². The fraction of sp³-hybridized carbons (Fsp3) is 0.167. The summed E-state index contributed by atoms with van der Waals surface area (Å²) in [5.41, 5.74) is 4.99. The van der Waals surface area contributed by atoms with Crippen molar-refractivity contribution in [3.05, 3.63) is 64.0 Å². The van der Waals surface area contributed by atoms with Crippen LogP contribution in [0.2, 0.25) is 0 Å². The summed E-state index contributed by atoms with van der Waals surface area (Å²) < 4.78 is 0. The molecule has 0 unspecified atom stereocenters. The van der Waals surface area contributed by atoms with Gasteiger partial charge in [-0.25, -0.2) is 5.43 Å². The average molecular weight is 323 g/mol. The maximum atomic E-state index is 12.5. The highest BCUT2D eigenvalue weighted by Crippen LogP contribution is 2.19. The van der Waals surface area contributed by atoms with Crippen LogP contribution in [0.1, 0.15) is 34.3 Å². The van der Waals surface area contributed by atoms with Gasteiger partial charge in [-0.1, -0.05) is 37.6 Å². The molecule has 3 rings (SSSR count). The summed E-state index contributed by atoms with van der Waals surface area (Å²) >= 11 is 1.57. The van der Waals surface area contributed by atoms with Gasteiger partial charge in [-0.2, -0.15) is 5.10 Å². The van der Waals surface area contributed by atoms with Crippen LogP contribution in [0.25, 0.3) is 10.9 Å². The molecule has 0 spiro atoms. The van der Waals surface area contributed by atoms with Crippen LogP contribution in [0.15, 0.2) is 52.9 Å². The van der Waals surface area contributed by atoms with Crippen LogP contribution in [-0.4, -0.2) is 17.1 Å². The van der Waals surface area contributed by atoms with Crippen molar-refractivity contribution in [2.75, 3.05) is 0 Å². The van der Waals surface area contributed by atoms with E-state index in [1.807, 2.05) is 47.8 Å². The number of carbonyl (C=O) groups excluding carboxylic acids is 1. The Morgan fingerprint density at radius 3 is 2.96 bits per heavy atom. The second-order valence-corrected chi connectivity index (χ2v) is 6.12. The zero-order chi connectivity index (χ0) is 16.1. The second kappa shape index (κ2) is 7.15. The van der Waals surface area contributed by atoms with E-state index >= 15 is 0 Å². The summed E-state index contributed by atoms with van der Waals surface area (Å²) in [6.45, 7) is 2.10. The molecule has 0 atom stereocenters. The molecule has 0 aliphatic carbocycles. The van der Waals surface area contributed by atoms with Crippen LogP contribution in [0.5, 0.6) is 0 Å². The molecule has 0 saturated heterocycles. The lowest BCUT2D eigenvalue weighted by atomic mass is 10.1. The average Bonchev–Trinajstić information content (AvgIpc) is 3.07. The molecule has 4 nitrogen and oxygen atoms in total. The molecule has 0 aliphatic rings. The smallest absolute Gasteiger partial charge is 0.267 e. The number of hydrogen-bond donors (Lipinski definition) is 1. The molecule has 23 heavy (non-hydrogen) atoms. The number of pyridine rings is 1. The standard InChI is InChI=1S/C18H17N3OS/c1-2-6-13-11-16(15-8-3-4-9-17(15)20-13)18(22)21-19-12-14-7-5-10-23-14/h3-5,7-12H,2,6H2,1H3,(H,21,22). The van der Waals surface area contributed by atoms with E-state index in [1.165, 1.54) is 0 Å². The minimum Gasteiger partial charge on any atom is -0.267 e. The maximum absolute atomic E-state index is 12.5. The molecule has 0 saturated carbocycles. The molecule has 1 amide bonds. The molecule has 0 radical (unpaired) electrons. The SMILES string of the molecule is CCCc1cc(C(=O)NN=Cc2cccs2)c2ccccc2n1. The summed E-state index contributed by atoms with van der Waals surface area (Å²) in [5.74, 6) is -0.214. The van der Waals surface area contributed by atoms with Gasteiger partial charge in [0.05, 0.1) is 17.3 Å². The first-order chi connectivity index (χ1) is 11.3. The van der Waals surface area contributed by atoms with Gasteiger partial charge >= 0.3 is 0 Å². The summed E-state index contributed by atoms with van der Waals surface area (Å²) in [4.78, 5) is 18.1. The highest BCUT2D eigenvalue weighted by atomic mass is 32.1. The number of thiophene rings is 1. The van der Waals surface area contributed by atoms with Crippen molar-refractivity contribution in [2.45, 2.75) is 19.8 Å². The Bertz CT molecular complexity index is 841. The lowest BCUT2D eigenvalue weighted by molar-refractivity contribution is 0.0956. The number of fused-ring (bicyclic) bond motifs is 1. The number of rotatable bonds is 5. The lowest BCUT2D eigenvalue weighted by Crippen LogP contribution is -2.18. The fourth-order valence-corrected chi connectivity index (χ4v) is 2.97. The molecular formula is C18H17N3OS. The molecule has 3 aromatic rings. The molecule has 5 heteroatoms. The highest BCUT2D eigenvalue weighted by Gasteiger charge is 2.12. The van der Waals surface area contributed by atoms with Crippen LogP contribution < -0.4 is 5.43 Å². The largest absolute Gasteiger partial charge is 0.272 e. The van der Waals surface area contributed by atoms with Gasteiger partial charge in [0, 0.05) is 16.0 Å². The van der Waals surface area contributed by atoms with Crippen LogP contribution >= 0.6 is 11.3 Å². The van der Waals surface area contributed by atoms with Crippen molar-refractivity contribution in [3.8, 4) is 0 Å². The third kappa shape index (κ3) is 3.63. The Balaban J connectivity index is 1.89. The van der Waals surface area contributed by atoms with E-state index < -0.39 is 0 Å². The number of aromatic nitrogens is 1. The fourth-order valence-electron chi connectivity index (χ4n) is 2.38. The molecular weight excluding hydrogens is 306 g/mol. The number of amides is 1. The number of nitrogens with one attached hydrogen (secondary N) is 1. The second-order valence-electron chi connectivity index (χ2n) is 5.14. The monoisotopic (exact) mass is 323 g/mol. The first kappa shape index (κ1) is 15.4. The van der Waals surface area contributed by atoms with Crippen molar-refractivity contribution in [1.29, 1.82) is 0 Å². The Kier molecular flexibility index (Phi) is 4.78. The minimum absolute atomic E-state index is 0.214. The Morgan fingerprint density at radius 1 is 1.30 bits per heavy atom. The van der Waals surface area contributed by atoms with Gasteiger partial charge < -0.3 is 0 Å². The quantitative estimate of drug-likeness (QED) is 0.570. The number of hydrogen-bond acceptors (Lipinski definition) is 4. The molecule has 2 heterocycles. The Hall–Kier alpha value is -2.53. The van der Waals surface area contributed by atoms with Crippen molar-refractivity contribution >= 4 is 34.4 Å². The van der Waals surface area contributed by atoms with E-state index in [0.717, 1.165) is 34.3 Å². The molecule has 0 aliphatic heterocycles. The van der Waals surface area contributed by atoms with Crippen molar-refractivity contribution < 1.29 is 4.79 Å². The Labute approximate surface area is 138 Å². The maximum Gasteiger partial charge on any atom is 0.272 e. The minimum atomic E-state index is -0.214. The van der Waals surface area contributed by atoms with E-state index in [1.54, 1.807) is 17.6 Å². The third-order valence-electron chi connectivity index (χ3n) is 3.42. The topological polar surface area (TPSA) is 54.4 Å². The number of carbonyl (C=O) groups is 1. The van der Waals surface area contributed by atoms with E-state index in [9.17, 15) is 4.79 Å². The van der Waals surface area contributed by atoms with E-state index in [0.29, 0.717) is 5.56 Å². The summed E-state index contributed by atoms with van der Waals surface area (Å²) in [6.07, 6.45) is 3.49. The first-order valence-electron chi connectivity index (χ1n) is 7.53. The zero-order valence-electron chi connectivity index (χ0n) is 12.8. The molecule has 1 N–H and O–H groups in total. The number of para-hydroxylation sites is 1. The zero-order valence-corrected chi connectivity index (χ0v) is 13.6. The van der Waals surface area contributed by atoms with Crippen LogP contribution in [0.4, 0.5) is 0 Å².